The third kappa shape index (κ3) is 3.92. The standard InChI is InChI=1S/C17H13FN2O3/c1-23-17(22)14-6-5-12(10-15(14)18)11-3-2-4-13(9-11)20-16(21)7-8-19/h2-6,9-10H,7H2,1H3,(H,20,21). The van der Waals surface area contributed by atoms with Crippen LogP contribution in [0.2, 0.25) is 0 Å². The molecule has 0 atom stereocenters. The number of hydrogen-bond acceptors (Lipinski definition) is 4. The molecule has 0 aromatic heterocycles. The molecule has 0 saturated carbocycles. The second-order valence-corrected chi connectivity index (χ2v) is 4.65. The Morgan fingerprint density at radius 1 is 1.22 bits per heavy atom. The molecule has 6 heteroatoms. The number of amides is 1. The maximum absolute atomic E-state index is 14.0. The topological polar surface area (TPSA) is 79.2 Å². The summed E-state index contributed by atoms with van der Waals surface area (Å²) in [4.78, 5) is 22.8. The van der Waals surface area contributed by atoms with Crippen LogP contribution in [0.5, 0.6) is 0 Å². The molecule has 1 amide bonds. The van der Waals surface area contributed by atoms with E-state index in [9.17, 15) is 14.0 Å². The minimum absolute atomic E-state index is 0.144. The fraction of sp³-hybridized carbons (Fsp3) is 0.118. The smallest absolute Gasteiger partial charge is 0.340 e. The number of nitrogens with one attached hydrogen (secondary N) is 1. The molecule has 23 heavy (non-hydrogen) atoms. The monoisotopic (exact) mass is 312 g/mol. The number of methoxy groups -OCH3 is 1. The Bertz CT molecular complexity index is 797. The second kappa shape index (κ2) is 7.18. The molecule has 0 aliphatic carbocycles. The van der Waals surface area contributed by atoms with Crippen LogP contribution < -0.4 is 5.32 Å². The van der Waals surface area contributed by atoms with E-state index in [4.69, 9.17) is 5.26 Å². The van der Waals surface area contributed by atoms with E-state index in [1.165, 1.54) is 19.2 Å². The Morgan fingerprint density at radius 3 is 2.61 bits per heavy atom. The number of ether oxygens (including phenoxy) is 1. The zero-order valence-corrected chi connectivity index (χ0v) is 12.3. The number of nitriles is 1. The van der Waals surface area contributed by atoms with Crippen LogP contribution in [-0.4, -0.2) is 19.0 Å². The molecule has 0 aliphatic heterocycles. The van der Waals surface area contributed by atoms with E-state index in [1.54, 1.807) is 36.4 Å². The summed E-state index contributed by atoms with van der Waals surface area (Å²) < 4.78 is 18.5. The maximum atomic E-state index is 14.0. The van der Waals surface area contributed by atoms with Gasteiger partial charge in [-0.2, -0.15) is 5.26 Å². The zero-order chi connectivity index (χ0) is 16.8. The molecule has 2 aromatic carbocycles. The highest BCUT2D eigenvalue weighted by Crippen LogP contribution is 2.25. The lowest BCUT2D eigenvalue weighted by atomic mass is 10.0. The van der Waals surface area contributed by atoms with E-state index in [0.717, 1.165) is 0 Å². The van der Waals surface area contributed by atoms with Crippen molar-refractivity contribution < 1.29 is 18.7 Å². The van der Waals surface area contributed by atoms with Crippen LogP contribution in [0.3, 0.4) is 0 Å². The Hall–Kier alpha value is -3.20. The molecule has 0 aliphatic rings. The van der Waals surface area contributed by atoms with Crippen molar-refractivity contribution in [2.24, 2.45) is 0 Å². The molecule has 0 bridgehead atoms. The van der Waals surface area contributed by atoms with E-state index in [2.05, 4.69) is 10.1 Å². The first-order valence-electron chi connectivity index (χ1n) is 6.70. The third-order valence-corrected chi connectivity index (χ3v) is 3.09. The zero-order valence-electron chi connectivity index (χ0n) is 12.3. The van der Waals surface area contributed by atoms with Crippen molar-refractivity contribution in [3.05, 3.63) is 53.8 Å². The van der Waals surface area contributed by atoms with Gasteiger partial charge in [0.2, 0.25) is 5.91 Å². The van der Waals surface area contributed by atoms with Crippen molar-refractivity contribution in [1.29, 1.82) is 5.26 Å². The summed E-state index contributed by atoms with van der Waals surface area (Å²) in [5, 5.41) is 11.1. The molecule has 2 aromatic rings. The second-order valence-electron chi connectivity index (χ2n) is 4.65. The first kappa shape index (κ1) is 16.2. The van der Waals surface area contributed by atoms with Crippen LogP contribution in [0.25, 0.3) is 11.1 Å². The Morgan fingerprint density at radius 2 is 1.96 bits per heavy atom. The molecule has 1 N–H and O–H groups in total. The van der Waals surface area contributed by atoms with Gasteiger partial charge in [-0.15, -0.1) is 0 Å². The van der Waals surface area contributed by atoms with Crippen molar-refractivity contribution >= 4 is 17.6 Å². The highest BCUT2D eigenvalue weighted by molar-refractivity contribution is 5.93. The highest BCUT2D eigenvalue weighted by Gasteiger charge is 2.13. The van der Waals surface area contributed by atoms with E-state index in [1.807, 2.05) is 0 Å². The molecule has 0 radical (unpaired) electrons. The minimum Gasteiger partial charge on any atom is -0.465 e. The summed E-state index contributed by atoms with van der Waals surface area (Å²) in [6.07, 6.45) is -0.243. The molecule has 0 heterocycles. The summed E-state index contributed by atoms with van der Waals surface area (Å²) in [6.45, 7) is 0. The molecule has 0 fully saturated rings. The van der Waals surface area contributed by atoms with E-state index in [-0.39, 0.29) is 12.0 Å². The number of anilines is 1. The van der Waals surface area contributed by atoms with Gasteiger partial charge in [0.25, 0.3) is 0 Å². The van der Waals surface area contributed by atoms with Crippen LogP contribution in [0, 0.1) is 17.1 Å². The van der Waals surface area contributed by atoms with Gasteiger partial charge in [0.15, 0.2) is 0 Å². The molecular weight excluding hydrogens is 299 g/mol. The fourth-order valence-corrected chi connectivity index (χ4v) is 2.02. The van der Waals surface area contributed by atoms with Crippen molar-refractivity contribution in [2.75, 3.05) is 12.4 Å². The van der Waals surface area contributed by atoms with Crippen molar-refractivity contribution in [1.82, 2.24) is 0 Å². The average molecular weight is 312 g/mol. The Labute approximate surface area is 132 Å². The summed E-state index contributed by atoms with van der Waals surface area (Å²) in [5.41, 5.74) is 1.57. The predicted molar refractivity (Wildman–Crippen MR) is 82.0 cm³/mol. The number of carbonyl (C=O) groups is 2. The van der Waals surface area contributed by atoms with Gasteiger partial charge in [0.05, 0.1) is 18.7 Å². The molecule has 116 valence electrons. The van der Waals surface area contributed by atoms with E-state index in [0.29, 0.717) is 16.8 Å². The van der Waals surface area contributed by atoms with Gasteiger partial charge in [0, 0.05) is 5.69 Å². The molecule has 0 unspecified atom stereocenters. The number of hydrogen-bond donors (Lipinski definition) is 1. The Kier molecular flexibility index (Phi) is 5.05. The number of esters is 1. The predicted octanol–water partition coefficient (Wildman–Crippen LogP) is 3.13. The number of benzene rings is 2. The largest absolute Gasteiger partial charge is 0.465 e. The molecule has 0 saturated heterocycles. The van der Waals surface area contributed by atoms with Gasteiger partial charge in [-0.05, 0) is 35.4 Å². The quantitative estimate of drug-likeness (QED) is 0.880. The van der Waals surface area contributed by atoms with Crippen molar-refractivity contribution in [3.63, 3.8) is 0 Å². The van der Waals surface area contributed by atoms with E-state index < -0.39 is 17.7 Å². The lowest BCUT2D eigenvalue weighted by Gasteiger charge is -2.08. The number of nitrogens with zero attached hydrogens (tertiary/aromatic N) is 1. The van der Waals surface area contributed by atoms with Crippen LogP contribution in [0.15, 0.2) is 42.5 Å². The van der Waals surface area contributed by atoms with E-state index >= 15 is 0 Å². The highest BCUT2D eigenvalue weighted by atomic mass is 19.1. The van der Waals surface area contributed by atoms with Crippen molar-refractivity contribution in [3.8, 4) is 17.2 Å². The molecule has 0 spiro atoms. The molecule has 5 nitrogen and oxygen atoms in total. The minimum atomic E-state index is -0.744. The molecular formula is C17H13FN2O3. The van der Waals surface area contributed by atoms with Gasteiger partial charge < -0.3 is 10.1 Å². The first-order chi connectivity index (χ1) is 11.0. The number of halogens is 1. The number of carbonyl (C=O) groups excluding carboxylic acids is 2. The van der Waals surface area contributed by atoms with Gasteiger partial charge in [-0.1, -0.05) is 18.2 Å². The van der Waals surface area contributed by atoms with Crippen LogP contribution in [0.1, 0.15) is 16.8 Å². The lowest BCUT2D eigenvalue weighted by Crippen LogP contribution is -2.09. The molecule has 2 rings (SSSR count). The SMILES string of the molecule is COC(=O)c1ccc(-c2cccc(NC(=O)CC#N)c2)cc1F. The van der Waals surface area contributed by atoms with Gasteiger partial charge in [-0.3, -0.25) is 4.79 Å². The first-order valence-corrected chi connectivity index (χ1v) is 6.70. The van der Waals surface area contributed by atoms with Gasteiger partial charge >= 0.3 is 5.97 Å². The normalized spacial score (nSPS) is 9.78. The fourth-order valence-electron chi connectivity index (χ4n) is 2.02. The van der Waals surface area contributed by atoms with Gasteiger partial charge in [-0.25, -0.2) is 9.18 Å². The maximum Gasteiger partial charge on any atom is 0.340 e. The number of rotatable bonds is 4. The van der Waals surface area contributed by atoms with Crippen LogP contribution >= 0.6 is 0 Å². The average Bonchev–Trinajstić information content (AvgIpc) is 2.54. The Balaban J connectivity index is 2.29. The lowest BCUT2D eigenvalue weighted by molar-refractivity contribution is -0.115. The summed E-state index contributed by atoms with van der Waals surface area (Å²) in [6, 6.07) is 12.7. The summed E-state index contributed by atoms with van der Waals surface area (Å²) in [5.74, 6) is -1.85. The third-order valence-electron chi connectivity index (χ3n) is 3.09. The van der Waals surface area contributed by atoms with Crippen molar-refractivity contribution in [2.45, 2.75) is 6.42 Å². The van der Waals surface area contributed by atoms with Crippen LogP contribution in [-0.2, 0) is 9.53 Å². The summed E-state index contributed by atoms with van der Waals surface area (Å²) >= 11 is 0. The van der Waals surface area contributed by atoms with Crippen LogP contribution in [0.4, 0.5) is 10.1 Å². The van der Waals surface area contributed by atoms with Gasteiger partial charge in [0.1, 0.15) is 12.2 Å². The summed E-state index contributed by atoms with van der Waals surface area (Å²) in [7, 11) is 1.18.